The van der Waals surface area contributed by atoms with Crippen molar-refractivity contribution < 1.29 is 24.2 Å². The molecule has 3 amide bonds. The van der Waals surface area contributed by atoms with E-state index in [0.29, 0.717) is 22.3 Å². The second kappa shape index (κ2) is 9.79. The molecule has 2 aromatic rings. The molecule has 0 bridgehead atoms. The molecule has 2 aromatic carbocycles. The molecular formula is C23H23BrN2O5S. The van der Waals surface area contributed by atoms with Gasteiger partial charge in [-0.2, -0.15) is 0 Å². The van der Waals surface area contributed by atoms with Crippen molar-refractivity contribution in [2.75, 3.05) is 18.5 Å². The lowest BCUT2D eigenvalue weighted by atomic mass is 10.1. The number of carbonyl (C=O) groups is 3. The number of aromatic hydroxyl groups is 1. The number of rotatable bonds is 6. The minimum absolute atomic E-state index is 0.0395. The Hall–Kier alpha value is -2.78. The van der Waals surface area contributed by atoms with E-state index in [2.05, 4.69) is 21.2 Å². The molecule has 168 valence electrons. The molecule has 0 atom stereocenters. The average Bonchev–Trinajstić information content (AvgIpc) is 2.96. The van der Waals surface area contributed by atoms with Crippen molar-refractivity contribution in [1.82, 2.24) is 4.90 Å². The molecule has 7 nitrogen and oxygen atoms in total. The number of hydrogen-bond donors (Lipinski definition) is 2. The van der Waals surface area contributed by atoms with Crippen LogP contribution in [0.4, 0.5) is 10.5 Å². The van der Waals surface area contributed by atoms with Crippen LogP contribution in [0.5, 0.6) is 11.5 Å². The van der Waals surface area contributed by atoms with Gasteiger partial charge in [-0.25, -0.2) is 0 Å². The molecule has 0 unspecified atom stereocenters. The predicted molar refractivity (Wildman–Crippen MR) is 129 cm³/mol. The molecule has 9 heteroatoms. The van der Waals surface area contributed by atoms with Crippen molar-refractivity contribution in [1.29, 1.82) is 0 Å². The summed E-state index contributed by atoms with van der Waals surface area (Å²) in [4.78, 5) is 38.9. The fourth-order valence-electron chi connectivity index (χ4n) is 3.42. The second-order valence-electron chi connectivity index (χ2n) is 7.36. The summed E-state index contributed by atoms with van der Waals surface area (Å²) in [6.07, 6.45) is 1.53. The molecular weight excluding hydrogens is 496 g/mol. The molecule has 3 rings (SSSR count). The van der Waals surface area contributed by atoms with Crippen LogP contribution in [0.25, 0.3) is 6.08 Å². The van der Waals surface area contributed by atoms with Gasteiger partial charge in [0.1, 0.15) is 6.54 Å². The number of nitrogens with one attached hydrogen (secondary N) is 1. The summed E-state index contributed by atoms with van der Waals surface area (Å²) in [6.45, 7) is 7.53. The molecule has 1 aliphatic heterocycles. The largest absolute Gasteiger partial charge is 0.504 e. The van der Waals surface area contributed by atoms with Crippen molar-refractivity contribution >= 4 is 56.5 Å². The number of aryl methyl sites for hydroxylation is 3. The highest BCUT2D eigenvalue weighted by molar-refractivity contribution is 9.10. The van der Waals surface area contributed by atoms with Crippen molar-refractivity contribution in [2.24, 2.45) is 0 Å². The molecule has 0 radical (unpaired) electrons. The fraction of sp³-hybridized carbons (Fsp3) is 0.261. The number of phenols is 1. The molecule has 1 aliphatic rings. The monoisotopic (exact) mass is 518 g/mol. The Morgan fingerprint density at radius 2 is 1.84 bits per heavy atom. The van der Waals surface area contributed by atoms with Gasteiger partial charge in [0.2, 0.25) is 5.91 Å². The van der Waals surface area contributed by atoms with E-state index in [0.717, 1.165) is 33.4 Å². The number of anilines is 1. The number of halogens is 1. The number of phenolic OH excluding ortho intramolecular Hbond substituents is 1. The van der Waals surface area contributed by atoms with Gasteiger partial charge in [-0.15, -0.1) is 0 Å². The molecule has 1 saturated heterocycles. The summed E-state index contributed by atoms with van der Waals surface area (Å²) in [5, 5.41) is 12.3. The van der Waals surface area contributed by atoms with Gasteiger partial charge < -0.3 is 15.2 Å². The average molecular weight is 519 g/mol. The summed E-state index contributed by atoms with van der Waals surface area (Å²) in [5.41, 5.74) is 4.15. The topological polar surface area (TPSA) is 95.9 Å². The molecule has 0 aliphatic carbocycles. The zero-order chi connectivity index (χ0) is 23.6. The quantitative estimate of drug-likeness (QED) is 0.513. The van der Waals surface area contributed by atoms with Crippen LogP contribution in [0, 0.1) is 20.8 Å². The third kappa shape index (κ3) is 5.16. The van der Waals surface area contributed by atoms with Gasteiger partial charge in [0, 0.05) is 10.2 Å². The minimum Gasteiger partial charge on any atom is -0.504 e. The highest BCUT2D eigenvalue weighted by Crippen LogP contribution is 2.37. The first-order valence-corrected chi connectivity index (χ1v) is 11.5. The lowest BCUT2D eigenvalue weighted by Crippen LogP contribution is -2.36. The fourth-order valence-corrected chi connectivity index (χ4v) is 4.69. The number of hydrogen-bond acceptors (Lipinski definition) is 6. The zero-order valence-electron chi connectivity index (χ0n) is 18.1. The van der Waals surface area contributed by atoms with Crippen LogP contribution >= 0.6 is 27.7 Å². The SMILES string of the molecule is CCOc1cc(/C=C2\SC(=O)N(CC(=O)Nc3c(C)cc(C)cc3C)C2=O)c(Br)cc1O. The Morgan fingerprint density at radius 1 is 1.19 bits per heavy atom. The van der Waals surface area contributed by atoms with Crippen molar-refractivity contribution in [3.05, 3.63) is 55.9 Å². The van der Waals surface area contributed by atoms with Crippen LogP contribution in [0.1, 0.15) is 29.2 Å². The van der Waals surface area contributed by atoms with Crippen LogP contribution < -0.4 is 10.1 Å². The third-order valence-electron chi connectivity index (χ3n) is 4.78. The maximum absolute atomic E-state index is 12.8. The highest BCUT2D eigenvalue weighted by atomic mass is 79.9. The Morgan fingerprint density at radius 3 is 2.47 bits per heavy atom. The Balaban J connectivity index is 1.78. The van der Waals surface area contributed by atoms with E-state index in [-0.39, 0.29) is 22.9 Å². The number of amides is 3. The van der Waals surface area contributed by atoms with Gasteiger partial charge >= 0.3 is 0 Å². The van der Waals surface area contributed by atoms with E-state index >= 15 is 0 Å². The third-order valence-corrected chi connectivity index (χ3v) is 6.38. The molecule has 1 heterocycles. The summed E-state index contributed by atoms with van der Waals surface area (Å²) in [6, 6.07) is 6.95. The second-order valence-corrected chi connectivity index (χ2v) is 9.21. The number of thioether (sulfide) groups is 1. The van der Waals surface area contributed by atoms with E-state index in [4.69, 9.17) is 4.74 Å². The first-order chi connectivity index (χ1) is 15.1. The summed E-state index contributed by atoms with van der Waals surface area (Å²) >= 11 is 4.10. The van der Waals surface area contributed by atoms with Gasteiger partial charge in [-0.3, -0.25) is 19.3 Å². The van der Waals surface area contributed by atoms with Crippen LogP contribution in [0.3, 0.4) is 0 Å². The van der Waals surface area contributed by atoms with E-state index in [1.54, 1.807) is 13.0 Å². The number of nitrogens with zero attached hydrogens (tertiary/aromatic N) is 1. The van der Waals surface area contributed by atoms with Gasteiger partial charge in [0.25, 0.3) is 11.1 Å². The predicted octanol–water partition coefficient (Wildman–Crippen LogP) is 5.15. The smallest absolute Gasteiger partial charge is 0.294 e. The summed E-state index contributed by atoms with van der Waals surface area (Å²) in [5.74, 6) is -0.773. The maximum Gasteiger partial charge on any atom is 0.294 e. The van der Waals surface area contributed by atoms with Crippen molar-refractivity contribution in [3.63, 3.8) is 0 Å². The molecule has 0 spiro atoms. The molecule has 1 fully saturated rings. The Kier molecular flexibility index (Phi) is 7.30. The minimum atomic E-state index is -0.551. The molecule has 0 saturated carbocycles. The van der Waals surface area contributed by atoms with Crippen molar-refractivity contribution in [3.8, 4) is 11.5 Å². The van der Waals surface area contributed by atoms with E-state index < -0.39 is 17.1 Å². The number of imide groups is 1. The van der Waals surface area contributed by atoms with Crippen LogP contribution in [-0.2, 0) is 9.59 Å². The molecule has 2 N–H and O–H groups in total. The van der Waals surface area contributed by atoms with Crippen LogP contribution in [0.2, 0.25) is 0 Å². The standard InChI is InChI=1S/C23H23BrN2O5S/c1-5-31-18-8-15(16(24)10-17(18)27)9-19-22(29)26(23(30)32-19)11-20(28)25-21-13(3)6-12(2)7-14(21)4/h6-10,27H,5,11H2,1-4H3,(H,25,28)/b19-9-. The first-order valence-electron chi connectivity index (χ1n) is 9.89. The summed E-state index contributed by atoms with van der Waals surface area (Å²) in [7, 11) is 0. The lowest BCUT2D eigenvalue weighted by Gasteiger charge is -2.16. The summed E-state index contributed by atoms with van der Waals surface area (Å²) < 4.78 is 5.92. The van der Waals surface area contributed by atoms with Crippen molar-refractivity contribution in [2.45, 2.75) is 27.7 Å². The van der Waals surface area contributed by atoms with Gasteiger partial charge in [-0.1, -0.05) is 33.6 Å². The first kappa shape index (κ1) is 23.9. The van der Waals surface area contributed by atoms with Gasteiger partial charge in [0.15, 0.2) is 11.5 Å². The van der Waals surface area contributed by atoms with E-state index in [1.807, 2.05) is 32.9 Å². The van der Waals surface area contributed by atoms with Gasteiger partial charge in [-0.05, 0) is 74.4 Å². The maximum atomic E-state index is 12.8. The molecule has 0 aromatic heterocycles. The molecule has 32 heavy (non-hydrogen) atoms. The normalized spacial score (nSPS) is 14.9. The van der Waals surface area contributed by atoms with E-state index in [9.17, 15) is 19.5 Å². The van der Waals surface area contributed by atoms with Crippen LogP contribution in [0.15, 0.2) is 33.6 Å². The highest BCUT2D eigenvalue weighted by Gasteiger charge is 2.36. The zero-order valence-corrected chi connectivity index (χ0v) is 20.5. The van der Waals surface area contributed by atoms with Gasteiger partial charge in [0.05, 0.1) is 11.5 Å². The van der Waals surface area contributed by atoms with Crippen LogP contribution in [-0.4, -0.2) is 40.2 Å². The number of benzene rings is 2. The number of ether oxygens (including phenoxy) is 1. The number of carbonyl (C=O) groups excluding carboxylic acids is 3. The Bertz CT molecular complexity index is 1120. The lowest BCUT2D eigenvalue weighted by molar-refractivity contribution is -0.127. The Labute approximate surface area is 199 Å². The van der Waals surface area contributed by atoms with E-state index in [1.165, 1.54) is 12.1 Å².